The van der Waals surface area contributed by atoms with Crippen molar-refractivity contribution in [2.24, 2.45) is 0 Å². The Bertz CT molecular complexity index is 1090. The number of carbonyl (C=O) groups excluding carboxylic acids is 2. The molecule has 34 heavy (non-hydrogen) atoms. The quantitative estimate of drug-likeness (QED) is 0.344. The highest BCUT2D eigenvalue weighted by Crippen LogP contribution is 2.32. The normalized spacial score (nSPS) is 23.2. The van der Waals surface area contributed by atoms with Gasteiger partial charge in [0.05, 0.1) is 11.1 Å². The molecule has 2 aromatic carbocycles. The van der Waals surface area contributed by atoms with Gasteiger partial charge < -0.3 is 19.3 Å². The van der Waals surface area contributed by atoms with Gasteiger partial charge in [-0.1, -0.05) is 36.4 Å². The minimum atomic E-state index is -6.17. The Kier molecular flexibility index (Phi) is 7.92. The molecule has 13 heteroatoms. The number of benzene rings is 2. The molecular weight excluding hydrogens is 485 g/mol. The van der Waals surface area contributed by atoms with Gasteiger partial charge in [0.2, 0.25) is 0 Å². The first-order chi connectivity index (χ1) is 16.0. The van der Waals surface area contributed by atoms with Crippen molar-refractivity contribution in [2.45, 2.75) is 36.5 Å². The second-order valence-electron chi connectivity index (χ2n) is 7.10. The zero-order valence-electron chi connectivity index (χ0n) is 17.3. The molecule has 0 aliphatic carbocycles. The molecule has 0 unspecified atom stereocenters. The summed E-state index contributed by atoms with van der Waals surface area (Å²) in [4.78, 5) is 24.6. The maximum absolute atomic E-state index is 13.0. The standard InChI is InChI=1S/C21H19F3O9S/c22-21(23,24)34(28,29)33-18-15(32-20(27)14-9-5-2-6-10-14)11-17(25)31-16(18)12-30-19(26)13-7-3-1-4-8-13/h1-10,15-18,25H,11-12H2/t15-,16-,17-,18-/m1/s1. The van der Waals surface area contributed by atoms with Crippen LogP contribution in [0.3, 0.4) is 0 Å². The van der Waals surface area contributed by atoms with Gasteiger partial charge in [-0.2, -0.15) is 21.6 Å². The Morgan fingerprint density at radius 3 is 2.03 bits per heavy atom. The predicted molar refractivity (Wildman–Crippen MR) is 108 cm³/mol. The summed E-state index contributed by atoms with van der Waals surface area (Å²) in [5.41, 5.74) is -5.67. The van der Waals surface area contributed by atoms with Crippen molar-refractivity contribution in [1.29, 1.82) is 0 Å². The van der Waals surface area contributed by atoms with E-state index in [1.54, 1.807) is 24.3 Å². The molecule has 1 saturated heterocycles. The molecule has 1 aliphatic rings. The minimum absolute atomic E-state index is 0.0213. The van der Waals surface area contributed by atoms with Crippen molar-refractivity contribution < 1.29 is 54.7 Å². The third-order valence-electron chi connectivity index (χ3n) is 4.68. The average Bonchev–Trinajstić information content (AvgIpc) is 2.79. The summed E-state index contributed by atoms with van der Waals surface area (Å²) in [7, 11) is -6.17. The summed E-state index contributed by atoms with van der Waals surface area (Å²) in [5.74, 6) is -1.89. The number of esters is 2. The first-order valence-corrected chi connectivity index (χ1v) is 11.2. The molecule has 1 heterocycles. The first kappa shape index (κ1) is 25.6. The van der Waals surface area contributed by atoms with Crippen LogP contribution in [0, 0.1) is 0 Å². The van der Waals surface area contributed by atoms with E-state index in [1.807, 2.05) is 0 Å². The number of rotatable bonds is 7. The Morgan fingerprint density at radius 2 is 1.50 bits per heavy atom. The van der Waals surface area contributed by atoms with E-state index in [4.69, 9.17) is 14.2 Å². The molecule has 0 spiro atoms. The maximum Gasteiger partial charge on any atom is 0.523 e. The summed E-state index contributed by atoms with van der Waals surface area (Å²) >= 11 is 0. The Morgan fingerprint density at radius 1 is 0.971 bits per heavy atom. The Labute approximate surface area is 192 Å². The van der Waals surface area contributed by atoms with Crippen LogP contribution in [0.4, 0.5) is 13.2 Å². The summed E-state index contributed by atoms with van der Waals surface area (Å²) in [5, 5.41) is 10.0. The Hall–Kier alpha value is -3.00. The van der Waals surface area contributed by atoms with E-state index >= 15 is 0 Å². The Balaban J connectivity index is 1.84. The number of carbonyl (C=O) groups is 2. The average molecular weight is 504 g/mol. The molecule has 9 nitrogen and oxygen atoms in total. The zero-order valence-corrected chi connectivity index (χ0v) is 18.1. The van der Waals surface area contributed by atoms with Gasteiger partial charge in [0.15, 0.2) is 6.29 Å². The second-order valence-corrected chi connectivity index (χ2v) is 8.66. The van der Waals surface area contributed by atoms with Gasteiger partial charge in [-0.05, 0) is 24.3 Å². The highest BCUT2D eigenvalue weighted by Gasteiger charge is 2.53. The molecule has 0 aromatic heterocycles. The molecule has 1 N–H and O–H groups in total. The van der Waals surface area contributed by atoms with Crippen molar-refractivity contribution in [3.05, 3.63) is 71.8 Å². The van der Waals surface area contributed by atoms with Gasteiger partial charge in [0, 0.05) is 6.42 Å². The summed E-state index contributed by atoms with van der Waals surface area (Å²) < 4.78 is 81.9. The van der Waals surface area contributed by atoms with Crippen LogP contribution in [0.2, 0.25) is 0 Å². The van der Waals surface area contributed by atoms with E-state index in [0.717, 1.165) is 0 Å². The van der Waals surface area contributed by atoms with Crippen LogP contribution in [0.15, 0.2) is 60.7 Å². The molecule has 0 bridgehead atoms. The van der Waals surface area contributed by atoms with Crippen LogP contribution in [-0.4, -0.2) is 62.2 Å². The number of aliphatic hydroxyl groups excluding tert-OH is 1. The highest BCUT2D eigenvalue weighted by atomic mass is 32.2. The summed E-state index contributed by atoms with van der Waals surface area (Å²) in [6, 6.07) is 14.9. The van der Waals surface area contributed by atoms with Gasteiger partial charge in [0.25, 0.3) is 0 Å². The van der Waals surface area contributed by atoms with Crippen LogP contribution < -0.4 is 0 Å². The van der Waals surface area contributed by atoms with Crippen LogP contribution in [0.25, 0.3) is 0 Å². The van der Waals surface area contributed by atoms with Gasteiger partial charge >= 0.3 is 27.6 Å². The molecule has 0 saturated carbocycles. The number of ether oxygens (including phenoxy) is 3. The predicted octanol–water partition coefficient (Wildman–Crippen LogP) is 2.41. The number of alkyl halides is 3. The van der Waals surface area contributed by atoms with Gasteiger partial charge in [-0.3, -0.25) is 4.18 Å². The monoisotopic (exact) mass is 504 g/mol. The fraction of sp³-hybridized carbons (Fsp3) is 0.333. The lowest BCUT2D eigenvalue weighted by Gasteiger charge is -2.38. The molecule has 2 aromatic rings. The SMILES string of the molecule is O=C(OC[C@H]1O[C@@H](O)C[C@@H](OC(=O)c2ccccc2)[C@H]1OS(=O)(=O)C(F)(F)F)c1ccccc1. The molecule has 1 fully saturated rings. The van der Waals surface area contributed by atoms with Crippen molar-refractivity contribution in [2.75, 3.05) is 6.61 Å². The zero-order chi connectivity index (χ0) is 24.9. The third-order valence-corrected chi connectivity index (χ3v) is 5.72. The molecule has 1 aliphatic heterocycles. The molecular formula is C21H19F3O9S. The van der Waals surface area contributed by atoms with Crippen LogP contribution >= 0.6 is 0 Å². The number of aliphatic hydroxyl groups is 1. The molecule has 0 radical (unpaired) electrons. The van der Waals surface area contributed by atoms with E-state index in [9.17, 15) is 36.3 Å². The van der Waals surface area contributed by atoms with Crippen molar-refractivity contribution in [3.8, 4) is 0 Å². The maximum atomic E-state index is 13.0. The fourth-order valence-electron chi connectivity index (χ4n) is 3.08. The molecule has 184 valence electrons. The van der Waals surface area contributed by atoms with Crippen LogP contribution in [-0.2, 0) is 28.5 Å². The van der Waals surface area contributed by atoms with Gasteiger partial charge in [-0.15, -0.1) is 0 Å². The summed E-state index contributed by atoms with van der Waals surface area (Å²) in [6.07, 6.45) is -7.76. The number of hydrogen-bond acceptors (Lipinski definition) is 9. The number of hydrogen-bond donors (Lipinski definition) is 1. The first-order valence-electron chi connectivity index (χ1n) is 9.79. The smallest absolute Gasteiger partial charge is 0.459 e. The van der Waals surface area contributed by atoms with E-state index in [0.29, 0.717) is 0 Å². The van der Waals surface area contributed by atoms with Crippen LogP contribution in [0.1, 0.15) is 27.1 Å². The van der Waals surface area contributed by atoms with Gasteiger partial charge in [0.1, 0.15) is 24.9 Å². The lowest BCUT2D eigenvalue weighted by atomic mass is 10.0. The van der Waals surface area contributed by atoms with E-state index in [-0.39, 0.29) is 11.1 Å². The fourth-order valence-corrected chi connectivity index (χ4v) is 3.73. The van der Waals surface area contributed by atoms with Crippen molar-refractivity contribution in [1.82, 2.24) is 0 Å². The summed E-state index contributed by atoms with van der Waals surface area (Å²) in [6.45, 7) is -0.803. The third kappa shape index (κ3) is 6.32. The largest absolute Gasteiger partial charge is 0.523 e. The molecule has 4 atom stereocenters. The van der Waals surface area contributed by atoms with Crippen LogP contribution in [0.5, 0.6) is 0 Å². The lowest BCUT2D eigenvalue weighted by Crippen LogP contribution is -2.54. The minimum Gasteiger partial charge on any atom is -0.459 e. The van der Waals surface area contributed by atoms with Gasteiger partial charge in [-0.25, -0.2) is 9.59 Å². The van der Waals surface area contributed by atoms with E-state index in [2.05, 4.69) is 4.18 Å². The van der Waals surface area contributed by atoms with E-state index in [1.165, 1.54) is 36.4 Å². The highest BCUT2D eigenvalue weighted by molar-refractivity contribution is 7.87. The number of halogens is 3. The van der Waals surface area contributed by atoms with E-state index < -0.39 is 65.2 Å². The van der Waals surface area contributed by atoms with Crippen molar-refractivity contribution >= 4 is 22.1 Å². The second kappa shape index (κ2) is 10.5. The molecule has 0 amide bonds. The van der Waals surface area contributed by atoms with Crippen molar-refractivity contribution in [3.63, 3.8) is 0 Å². The molecule has 3 rings (SSSR count). The topological polar surface area (TPSA) is 125 Å². The lowest BCUT2D eigenvalue weighted by molar-refractivity contribution is -0.234.